The van der Waals surface area contributed by atoms with Gasteiger partial charge in [-0.25, -0.2) is 4.57 Å². The molecule has 55 heavy (non-hydrogen) atoms. The summed E-state index contributed by atoms with van der Waals surface area (Å²) < 4.78 is 33.5. The van der Waals surface area contributed by atoms with Crippen LogP contribution >= 0.6 is 7.82 Å². The van der Waals surface area contributed by atoms with Crippen LogP contribution in [0.4, 0.5) is 0 Å². The molecule has 330 valence electrons. The van der Waals surface area contributed by atoms with Crippen LogP contribution in [0, 0.1) is 0 Å². The number of nitrogens with two attached hydrogens (primary N) is 1. The van der Waals surface area contributed by atoms with Gasteiger partial charge in [0.25, 0.3) is 0 Å². The van der Waals surface area contributed by atoms with Crippen molar-refractivity contribution in [2.75, 3.05) is 33.0 Å². The van der Waals surface area contributed by atoms with Crippen molar-refractivity contribution in [1.29, 1.82) is 0 Å². The summed E-state index contributed by atoms with van der Waals surface area (Å²) in [7, 11) is -4.27. The predicted molar refractivity (Wildman–Crippen MR) is 234 cm³/mol. The fourth-order valence-corrected chi connectivity index (χ4v) is 8.00. The minimum atomic E-state index is -4.27. The summed E-state index contributed by atoms with van der Waals surface area (Å²) in [6.07, 6.45) is 47.0. The Labute approximate surface area is 341 Å². The summed E-state index contributed by atoms with van der Waals surface area (Å²) >= 11 is 0. The number of esters is 1. The second-order valence-electron chi connectivity index (χ2n) is 16.3. The van der Waals surface area contributed by atoms with Gasteiger partial charge in [0.15, 0.2) is 0 Å². The molecule has 8 nitrogen and oxygen atoms in total. The predicted octanol–water partition coefficient (Wildman–Crippen LogP) is 14.5. The third kappa shape index (κ3) is 44.4. The molecule has 3 N–H and O–H groups in total. The van der Waals surface area contributed by atoms with Gasteiger partial charge in [-0.1, -0.05) is 232 Å². The van der Waals surface area contributed by atoms with Gasteiger partial charge < -0.3 is 20.1 Å². The Morgan fingerprint density at radius 2 is 0.800 bits per heavy atom. The number of unbranched alkanes of at least 4 members (excludes halogenated alkanes) is 34. The Morgan fingerprint density at radius 3 is 1.15 bits per heavy atom. The molecule has 0 aliphatic rings. The molecule has 2 unspecified atom stereocenters. The first-order chi connectivity index (χ1) is 26.9. The van der Waals surface area contributed by atoms with E-state index in [1.165, 1.54) is 199 Å². The van der Waals surface area contributed by atoms with Gasteiger partial charge in [-0.3, -0.25) is 13.8 Å². The highest BCUT2D eigenvalue weighted by atomic mass is 31.2. The Kier molecular flexibility index (Phi) is 44.2. The normalized spacial score (nSPS) is 13.3. The van der Waals surface area contributed by atoms with Gasteiger partial charge in [0.1, 0.15) is 6.10 Å². The second kappa shape index (κ2) is 44.6. The summed E-state index contributed by atoms with van der Waals surface area (Å²) in [4.78, 5) is 22.5. The van der Waals surface area contributed by atoms with E-state index in [1.807, 2.05) is 0 Å². The zero-order chi connectivity index (χ0) is 40.2. The number of phosphoric ester groups is 1. The number of hydrogen-bond donors (Lipinski definition) is 2. The Hall–Kier alpha value is -0.500. The highest BCUT2D eigenvalue weighted by Gasteiger charge is 2.25. The molecule has 0 amide bonds. The SMILES string of the molecule is CCCCCCCCCCCCCCCCCCCCCCCOCC(COP(=O)(O)OCCN)OC(=O)CCCCCCCCCCCCCCCCC. The smallest absolute Gasteiger partial charge is 0.457 e. The first-order valence-corrected chi connectivity index (χ1v) is 25.5. The summed E-state index contributed by atoms with van der Waals surface area (Å²) in [5.74, 6) is -0.323. The molecule has 0 bridgehead atoms. The number of carbonyl (C=O) groups excluding carboxylic acids is 1. The zero-order valence-corrected chi connectivity index (χ0v) is 37.6. The molecular weight excluding hydrogens is 709 g/mol. The van der Waals surface area contributed by atoms with Gasteiger partial charge in [0.05, 0.1) is 19.8 Å². The quantitative estimate of drug-likeness (QED) is 0.0355. The summed E-state index contributed by atoms with van der Waals surface area (Å²) in [6.45, 7) is 5.00. The molecule has 2 atom stereocenters. The average molecular weight is 804 g/mol. The maximum Gasteiger partial charge on any atom is 0.472 e. The highest BCUT2D eigenvalue weighted by molar-refractivity contribution is 7.47. The second-order valence-corrected chi connectivity index (χ2v) is 17.8. The van der Waals surface area contributed by atoms with E-state index >= 15 is 0 Å². The monoisotopic (exact) mass is 804 g/mol. The van der Waals surface area contributed by atoms with Crippen molar-refractivity contribution in [2.24, 2.45) is 5.73 Å². The zero-order valence-electron chi connectivity index (χ0n) is 36.7. The van der Waals surface area contributed by atoms with Crippen molar-refractivity contribution < 1.29 is 32.8 Å². The van der Waals surface area contributed by atoms with E-state index in [-0.39, 0.29) is 32.3 Å². The number of carbonyl (C=O) groups is 1. The number of rotatable bonds is 47. The molecule has 0 aromatic heterocycles. The maximum absolute atomic E-state index is 12.6. The molecular formula is C46H94NO7P. The molecule has 0 aliphatic carbocycles. The molecule has 9 heteroatoms. The lowest BCUT2D eigenvalue weighted by Crippen LogP contribution is -2.28. The largest absolute Gasteiger partial charge is 0.472 e. The van der Waals surface area contributed by atoms with Gasteiger partial charge in [-0.15, -0.1) is 0 Å². The molecule has 0 aromatic carbocycles. The third-order valence-electron chi connectivity index (χ3n) is 10.8. The first-order valence-electron chi connectivity index (χ1n) is 24.0. The van der Waals surface area contributed by atoms with Crippen LogP contribution in [0.25, 0.3) is 0 Å². The van der Waals surface area contributed by atoms with Crippen LogP contribution in [-0.2, 0) is 27.9 Å². The van der Waals surface area contributed by atoms with Crippen LogP contribution < -0.4 is 5.73 Å². The van der Waals surface area contributed by atoms with E-state index in [9.17, 15) is 14.3 Å². The minimum Gasteiger partial charge on any atom is -0.457 e. The van der Waals surface area contributed by atoms with Gasteiger partial charge in [-0.05, 0) is 12.8 Å². The number of phosphoric acid groups is 1. The van der Waals surface area contributed by atoms with E-state index < -0.39 is 13.9 Å². The van der Waals surface area contributed by atoms with Crippen LogP contribution in [0.2, 0.25) is 0 Å². The summed E-state index contributed by atoms with van der Waals surface area (Å²) in [6, 6.07) is 0. The fraction of sp³-hybridized carbons (Fsp3) is 0.978. The molecule has 0 aliphatic heterocycles. The van der Waals surface area contributed by atoms with E-state index in [0.717, 1.165) is 32.1 Å². The summed E-state index contributed by atoms with van der Waals surface area (Å²) in [5.41, 5.74) is 5.38. The first kappa shape index (κ1) is 54.5. The van der Waals surface area contributed by atoms with Gasteiger partial charge in [-0.2, -0.15) is 0 Å². The van der Waals surface area contributed by atoms with Crippen molar-refractivity contribution in [2.45, 2.75) is 258 Å². The van der Waals surface area contributed by atoms with Crippen molar-refractivity contribution >= 4 is 13.8 Å². The average Bonchev–Trinajstić information content (AvgIpc) is 3.17. The van der Waals surface area contributed by atoms with Crippen LogP contribution in [0.5, 0.6) is 0 Å². The summed E-state index contributed by atoms with van der Waals surface area (Å²) in [5, 5.41) is 0. The van der Waals surface area contributed by atoms with Crippen LogP contribution in [-0.4, -0.2) is 49.9 Å². The molecule has 0 saturated heterocycles. The molecule has 0 fully saturated rings. The van der Waals surface area contributed by atoms with Crippen LogP contribution in [0.1, 0.15) is 251 Å². The van der Waals surface area contributed by atoms with E-state index in [4.69, 9.17) is 24.3 Å². The lowest BCUT2D eigenvalue weighted by atomic mass is 10.0. The topological polar surface area (TPSA) is 117 Å². The standard InChI is InChI=1S/C46H94NO7P/c1-3-5-7-9-11-13-15-17-19-20-21-22-23-24-26-28-30-32-34-36-38-41-51-43-45(44-53-55(49,50)52-42-40-47)54-46(48)39-37-35-33-31-29-27-25-18-16-14-12-10-8-6-4-2/h45H,3-44,47H2,1-2H3,(H,49,50). The van der Waals surface area contributed by atoms with Gasteiger partial charge in [0, 0.05) is 19.6 Å². The van der Waals surface area contributed by atoms with Crippen molar-refractivity contribution in [3.05, 3.63) is 0 Å². The number of ether oxygens (including phenoxy) is 2. The van der Waals surface area contributed by atoms with Gasteiger partial charge >= 0.3 is 13.8 Å². The van der Waals surface area contributed by atoms with Gasteiger partial charge in [0.2, 0.25) is 0 Å². The van der Waals surface area contributed by atoms with Crippen molar-refractivity contribution in [3.8, 4) is 0 Å². The molecule has 0 radical (unpaired) electrons. The van der Waals surface area contributed by atoms with E-state index in [0.29, 0.717) is 13.0 Å². The lowest BCUT2D eigenvalue weighted by Gasteiger charge is -2.20. The molecule has 0 spiro atoms. The Morgan fingerprint density at radius 1 is 0.473 bits per heavy atom. The number of hydrogen-bond acceptors (Lipinski definition) is 7. The Balaban J connectivity index is 3.89. The molecule has 0 aromatic rings. The fourth-order valence-electron chi connectivity index (χ4n) is 7.24. The van der Waals surface area contributed by atoms with Crippen molar-refractivity contribution in [1.82, 2.24) is 0 Å². The van der Waals surface area contributed by atoms with Crippen molar-refractivity contribution in [3.63, 3.8) is 0 Å². The lowest BCUT2D eigenvalue weighted by molar-refractivity contribution is -0.154. The van der Waals surface area contributed by atoms with E-state index in [1.54, 1.807) is 0 Å². The highest BCUT2D eigenvalue weighted by Crippen LogP contribution is 2.43. The minimum absolute atomic E-state index is 0.0899. The molecule has 0 saturated carbocycles. The van der Waals surface area contributed by atoms with Crippen LogP contribution in [0.3, 0.4) is 0 Å². The van der Waals surface area contributed by atoms with Crippen LogP contribution in [0.15, 0.2) is 0 Å². The van der Waals surface area contributed by atoms with E-state index in [2.05, 4.69) is 13.8 Å². The maximum atomic E-state index is 12.6. The third-order valence-corrected chi connectivity index (χ3v) is 11.8. The Bertz CT molecular complexity index is 817. The molecule has 0 rings (SSSR count). The molecule has 0 heterocycles.